The molecule has 0 aromatic heterocycles. The van der Waals surface area contributed by atoms with E-state index in [1.807, 2.05) is 0 Å². The number of amides is 1. The lowest BCUT2D eigenvalue weighted by Crippen LogP contribution is -2.42. The van der Waals surface area contributed by atoms with Crippen LogP contribution >= 0.6 is 0 Å². The molecule has 1 aromatic rings. The summed E-state index contributed by atoms with van der Waals surface area (Å²) in [4.78, 5) is 47.6. The lowest BCUT2D eigenvalue weighted by Gasteiger charge is -2.25. The summed E-state index contributed by atoms with van der Waals surface area (Å²) in [6.07, 6.45) is -0.0780. The van der Waals surface area contributed by atoms with Gasteiger partial charge in [0.15, 0.2) is 0 Å². The van der Waals surface area contributed by atoms with Gasteiger partial charge in [0.05, 0.1) is 36.8 Å². The minimum absolute atomic E-state index is 0.00682. The first-order chi connectivity index (χ1) is 11.4. The first-order valence-corrected chi connectivity index (χ1v) is 7.12. The van der Waals surface area contributed by atoms with E-state index in [0.717, 1.165) is 0 Å². The maximum absolute atomic E-state index is 12.5. The predicted molar refractivity (Wildman–Crippen MR) is 80.0 cm³/mol. The molecule has 1 heterocycles. The molecule has 2 rings (SSSR count). The number of benzene rings is 1. The van der Waals surface area contributed by atoms with E-state index in [1.165, 1.54) is 37.3 Å². The van der Waals surface area contributed by atoms with Crippen LogP contribution in [0.2, 0.25) is 0 Å². The smallest absolute Gasteiger partial charge is 0.328 e. The molecule has 128 valence electrons. The third-order valence-electron chi connectivity index (χ3n) is 3.87. The second kappa shape index (κ2) is 7.07. The molecular formula is C15H16N2O7. The molecule has 1 aliphatic heterocycles. The largest absolute Gasteiger partial charge is 0.469 e. The number of nitro benzene ring substituents is 1. The van der Waals surface area contributed by atoms with Gasteiger partial charge in [-0.1, -0.05) is 6.07 Å². The quantitative estimate of drug-likeness (QED) is 0.433. The molecule has 24 heavy (non-hydrogen) atoms. The molecule has 1 aliphatic rings. The summed E-state index contributed by atoms with van der Waals surface area (Å²) in [5, 5.41) is 11.1. The van der Waals surface area contributed by atoms with Gasteiger partial charge < -0.3 is 14.4 Å². The first-order valence-electron chi connectivity index (χ1n) is 7.12. The second-order valence-corrected chi connectivity index (χ2v) is 5.15. The standard InChI is InChI=1S/C15H16N2O7/c1-23-13(18)7-6-12(15(20)24-2)16-8-10-9(14(16)19)4-3-5-11(10)17(21)22/h3-5,12H,6-8H2,1-2H3/t12-/m0/s1. The molecule has 0 saturated heterocycles. The third-order valence-corrected chi connectivity index (χ3v) is 3.87. The Bertz CT molecular complexity index is 701. The number of carbonyl (C=O) groups excluding carboxylic acids is 3. The van der Waals surface area contributed by atoms with Crippen LogP contribution in [-0.4, -0.2) is 47.9 Å². The molecule has 0 bridgehead atoms. The number of carbonyl (C=O) groups is 3. The summed E-state index contributed by atoms with van der Waals surface area (Å²) in [6, 6.07) is 3.17. The summed E-state index contributed by atoms with van der Waals surface area (Å²) >= 11 is 0. The predicted octanol–water partition coefficient (Wildman–Crippen LogP) is 1.05. The van der Waals surface area contributed by atoms with Crippen LogP contribution in [0.3, 0.4) is 0 Å². The Morgan fingerprint density at radius 2 is 2.04 bits per heavy atom. The van der Waals surface area contributed by atoms with Crippen molar-refractivity contribution in [2.24, 2.45) is 0 Å². The molecular weight excluding hydrogens is 320 g/mol. The molecule has 9 heteroatoms. The van der Waals surface area contributed by atoms with Crippen LogP contribution in [0.25, 0.3) is 0 Å². The summed E-state index contributed by atoms with van der Waals surface area (Å²) in [5.41, 5.74) is 0.246. The minimum Gasteiger partial charge on any atom is -0.469 e. The van der Waals surface area contributed by atoms with Crippen molar-refractivity contribution in [1.29, 1.82) is 0 Å². The van der Waals surface area contributed by atoms with Crippen molar-refractivity contribution in [3.8, 4) is 0 Å². The number of fused-ring (bicyclic) bond motifs is 1. The summed E-state index contributed by atoms with van der Waals surface area (Å²) in [5.74, 6) is -1.73. The van der Waals surface area contributed by atoms with Crippen molar-refractivity contribution in [1.82, 2.24) is 4.90 Å². The Morgan fingerprint density at radius 3 is 2.62 bits per heavy atom. The number of nitro groups is 1. The number of esters is 2. The minimum atomic E-state index is -1.02. The van der Waals surface area contributed by atoms with Crippen molar-refractivity contribution in [3.63, 3.8) is 0 Å². The fourth-order valence-corrected chi connectivity index (χ4v) is 2.65. The molecule has 0 radical (unpaired) electrons. The molecule has 0 fully saturated rings. The van der Waals surface area contributed by atoms with Gasteiger partial charge in [-0.3, -0.25) is 19.7 Å². The Labute approximate surface area is 137 Å². The van der Waals surface area contributed by atoms with Gasteiger partial charge in [0.2, 0.25) is 0 Å². The lowest BCUT2D eigenvalue weighted by molar-refractivity contribution is -0.385. The molecule has 0 unspecified atom stereocenters. The zero-order valence-corrected chi connectivity index (χ0v) is 13.2. The van der Waals surface area contributed by atoms with E-state index < -0.39 is 28.8 Å². The van der Waals surface area contributed by atoms with E-state index in [-0.39, 0.29) is 36.2 Å². The van der Waals surface area contributed by atoms with E-state index in [2.05, 4.69) is 4.74 Å². The molecule has 1 amide bonds. The zero-order valence-electron chi connectivity index (χ0n) is 13.2. The monoisotopic (exact) mass is 336 g/mol. The SMILES string of the molecule is COC(=O)CC[C@@H](C(=O)OC)N1Cc2c(cccc2[N+](=O)[O-])C1=O. The highest BCUT2D eigenvalue weighted by Crippen LogP contribution is 2.32. The fraction of sp³-hybridized carbons (Fsp3) is 0.400. The first kappa shape index (κ1) is 17.4. The molecule has 1 aromatic carbocycles. The van der Waals surface area contributed by atoms with E-state index in [9.17, 15) is 24.5 Å². The Morgan fingerprint density at radius 1 is 1.33 bits per heavy atom. The number of hydrogen-bond donors (Lipinski definition) is 0. The van der Waals surface area contributed by atoms with E-state index in [4.69, 9.17) is 4.74 Å². The summed E-state index contributed by atoms with van der Waals surface area (Å²) in [6.45, 7) is -0.0910. The Hall–Kier alpha value is -2.97. The van der Waals surface area contributed by atoms with Gasteiger partial charge in [0.25, 0.3) is 11.6 Å². The van der Waals surface area contributed by atoms with E-state index >= 15 is 0 Å². The van der Waals surface area contributed by atoms with Crippen molar-refractivity contribution in [2.45, 2.75) is 25.4 Å². The van der Waals surface area contributed by atoms with Crippen LogP contribution in [0.5, 0.6) is 0 Å². The highest BCUT2D eigenvalue weighted by atomic mass is 16.6. The number of nitrogens with zero attached hydrogens (tertiary/aromatic N) is 2. The van der Waals surface area contributed by atoms with Gasteiger partial charge in [-0.05, 0) is 12.5 Å². The summed E-state index contributed by atoms with van der Waals surface area (Å²) < 4.78 is 9.23. The third kappa shape index (κ3) is 3.19. The molecule has 1 atom stereocenters. The van der Waals surface area contributed by atoms with Gasteiger partial charge in [0, 0.05) is 12.5 Å². The van der Waals surface area contributed by atoms with Crippen LogP contribution < -0.4 is 0 Å². The molecule has 0 saturated carbocycles. The highest BCUT2D eigenvalue weighted by Gasteiger charge is 2.40. The number of methoxy groups -OCH3 is 2. The topological polar surface area (TPSA) is 116 Å². The van der Waals surface area contributed by atoms with Gasteiger partial charge in [0.1, 0.15) is 6.04 Å². The van der Waals surface area contributed by atoms with Crippen molar-refractivity contribution >= 4 is 23.5 Å². The zero-order chi connectivity index (χ0) is 17.9. The van der Waals surface area contributed by atoms with Crippen molar-refractivity contribution in [3.05, 3.63) is 39.4 Å². The number of ether oxygens (including phenoxy) is 2. The van der Waals surface area contributed by atoms with Crippen LogP contribution in [0.15, 0.2) is 18.2 Å². The van der Waals surface area contributed by atoms with Crippen LogP contribution in [0.1, 0.15) is 28.8 Å². The Balaban J connectivity index is 2.30. The molecule has 0 spiro atoms. The molecule has 9 nitrogen and oxygen atoms in total. The number of hydrogen-bond acceptors (Lipinski definition) is 7. The van der Waals surface area contributed by atoms with Crippen LogP contribution in [0.4, 0.5) is 5.69 Å². The second-order valence-electron chi connectivity index (χ2n) is 5.15. The van der Waals surface area contributed by atoms with Crippen LogP contribution in [-0.2, 0) is 25.6 Å². The average Bonchev–Trinajstić information content (AvgIpc) is 2.91. The fourth-order valence-electron chi connectivity index (χ4n) is 2.65. The maximum atomic E-state index is 12.5. The number of rotatable bonds is 6. The average molecular weight is 336 g/mol. The van der Waals surface area contributed by atoms with Crippen molar-refractivity contribution in [2.75, 3.05) is 14.2 Å². The van der Waals surface area contributed by atoms with Gasteiger partial charge in [-0.2, -0.15) is 0 Å². The lowest BCUT2D eigenvalue weighted by atomic mass is 10.1. The van der Waals surface area contributed by atoms with Gasteiger partial charge in [-0.15, -0.1) is 0 Å². The van der Waals surface area contributed by atoms with Crippen molar-refractivity contribution < 1.29 is 28.8 Å². The highest BCUT2D eigenvalue weighted by molar-refractivity contribution is 6.01. The maximum Gasteiger partial charge on any atom is 0.328 e. The normalized spacial score (nSPS) is 14.1. The van der Waals surface area contributed by atoms with Gasteiger partial charge in [-0.25, -0.2) is 4.79 Å². The van der Waals surface area contributed by atoms with Gasteiger partial charge >= 0.3 is 11.9 Å². The Kier molecular flexibility index (Phi) is 5.12. The summed E-state index contributed by atoms with van der Waals surface area (Å²) in [7, 11) is 2.39. The van der Waals surface area contributed by atoms with Crippen LogP contribution in [0, 0.1) is 10.1 Å². The van der Waals surface area contributed by atoms with E-state index in [1.54, 1.807) is 0 Å². The molecule has 0 N–H and O–H groups in total. The van der Waals surface area contributed by atoms with E-state index in [0.29, 0.717) is 0 Å². The molecule has 0 aliphatic carbocycles.